The first kappa shape index (κ1) is 25.0. The van der Waals surface area contributed by atoms with Crippen LogP contribution in [0.25, 0.3) is 0 Å². The van der Waals surface area contributed by atoms with Crippen LogP contribution in [0.1, 0.15) is 38.7 Å². The molecule has 1 aromatic carbocycles. The summed E-state index contributed by atoms with van der Waals surface area (Å²) in [6.07, 6.45) is -2.67. The van der Waals surface area contributed by atoms with Crippen molar-refractivity contribution in [3.8, 4) is 0 Å². The molecule has 0 unspecified atom stereocenters. The number of benzene rings is 1. The third-order valence-corrected chi connectivity index (χ3v) is 8.62. The van der Waals surface area contributed by atoms with E-state index < -0.39 is 21.8 Å². The first-order valence-electron chi connectivity index (χ1n) is 10.9. The molecule has 2 fully saturated rings. The van der Waals surface area contributed by atoms with Crippen LogP contribution in [-0.2, 0) is 21.0 Å². The first-order chi connectivity index (χ1) is 14.8. The molecule has 4 atom stereocenters. The summed E-state index contributed by atoms with van der Waals surface area (Å²) in [6, 6.07) is 3.85. The van der Waals surface area contributed by atoms with Crippen LogP contribution in [0.4, 0.5) is 13.2 Å². The van der Waals surface area contributed by atoms with Crippen molar-refractivity contribution in [1.82, 2.24) is 14.5 Å². The molecular formula is C22H32F3N3O3S. The molecule has 2 aliphatic rings. The maximum absolute atomic E-state index is 13.0. The van der Waals surface area contributed by atoms with Gasteiger partial charge < -0.3 is 10.2 Å². The number of carbonyl (C=O) groups excluding carboxylic acids is 1. The highest BCUT2D eigenvalue weighted by Gasteiger charge is 2.47. The van der Waals surface area contributed by atoms with E-state index in [4.69, 9.17) is 0 Å². The number of hydrogen-bond acceptors (Lipinski definition) is 4. The maximum Gasteiger partial charge on any atom is 0.416 e. The highest BCUT2D eigenvalue weighted by molar-refractivity contribution is 7.89. The third-order valence-electron chi connectivity index (χ3n) is 6.80. The number of alkyl halides is 3. The fourth-order valence-corrected chi connectivity index (χ4v) is 6.63. The van der Waals surface area contributed by atoms with Gasteiger partial charge in [-0.25, -0.2) is 8.42 Å². The number of hydrogen-bond donors (Lipinski definition) is 1. The minimum absolute atomic E-state index is 0.0311. The summed E-state index contributed by atoms with van der Waals surface area (Å²) in [4.78, 5) is 14.3. The molecule has 10 heteroatoms. The Morgan fingerprint density at radius 3 is 2.50 bits per heavy atom. The van der Waals surface area contributed by atoms with Crippen LogP contribution in [0.5, 0.6) is 0 Å². The van der Waals surface area contributed by atoms with Crippen LogP contribution in [0, 0.1) is 17.8 Å². The predicted molar refractivity (Wildman–Crippen MR) is 115 cm³/mol. The van der Waals surface area contributed by atoms with E-state index in [1.807, 2.05) is 19.0 Å². The Morgan fingerprint density at radius 2 is 1.91 bits per heavy atom. The summed E-state index contributed by atoms with van der Waals surface area (Å²) in [5.74, 6) is 0.320. The Bertz CT molecular complexity index is 926. The van der Waals surface area contributed by atoms with Crippen LogP contribution in [0.2, 0.25) is 0 Å². The second kappa shape index (κ2) is 9.30. The lowest BCUT2D eigenvalue weighted by atomic mass is 9.96. The van der Waals surface area contributed by atoms with Crippen LogP contribution in [0.15, 0.2) is 29.2 Å². The summed E-state index contributed by atoms with van der Waals surface area (Å²) in [7, 11) is -0.160. The Balaban J connectivity index is 1.68. The molecule has 1 aliphatic heterocycles. The first-order valence-corrected chi connectivity index (χ1v) is 12.4. The minimum atomic E-state index is -4.61. The zero-order chi connectivity index (χ0) is 23.8. The molecule has 32 heavy (non-hydrogen) atoms. The highest BCUT2D eigenvalue weighted by atomic mass is 32.2. The van der Waals surface area contributed by atoms with Gasteiger partial charge in [-0.1, -0.05) is 19.9 Å². The second-order valence-electron chi connectivity index (χ2n) is 9.50. The summed E-state index contributed by atoms with van der Waals surface area (Å²) in [6.45, 7) is 4.60. The molecule has 0 aromatic heterocycles. The van der Waals surface area contributed by atoms with Crippen LogP contribution in [-0.4, -0.2) is 62.8 Å². The lowest BCUT2D eigenvalue weighted by molar-refractivity contribution is -0.137. The number of nitrogens with one attached hydrogen (secondary N) is 1. The monoisotopic (exact) mass is 475 g/mol. The molecule has 1 N–H and O–H groups in total. The van der Waals surface area contributed by atoms with Gasteiger partial charge in [0.25, 0.3) is 0 Å². The van der Waals surface area contributed by atoms with Gasteiger partial charge in [0.1, 0.15) is 0 Å². The van der Waals surface area contributed by atoms with Crippen LogP contribution in [0.3, 0.4) is 0 Å². The Morgan fingerprint density at radius 1 is 1.22 bits per heavy atom. The molecule has 1 aromatic rings. The number of fused-ring (bicyclic) bond motifs is 1. The SMILES string of the molecule is CC(C)[C@@H](CC(=O)N[C@H]1CC[C@@H]2CN(S(=O)(=O)c3cccc(C(F)(F)F)c3)C[C@@H]21)N(C)C. The number of halogens is 3. The van der Waals surface area contributed by atoms with Crippen LogP contribution < -0.4 is 5.32 Å². The van der Waals surface area contributed by atoms with Crippen molar-refractivity contribution in [2.45, 2.75) is 56.3 Å². The zero-order valence-corrected chi connectivity index (χ0v) is 19.7. The average molecular weight is 476 g/mol. The molecule has 0 spiro atoms. The van der Waals surface area contributed by atoms with Gasteiger partial charge >= 0.3 is 6.18 Å². The van der Waals surface area contributed by atoms with Gasteiger partial charge in [-0.2, -0.15) is 17.5 Å². The third kappa shape index (κ3) is 5.28. The minimum Gasteiger partial charge on any atom is -0.353 e. The molecule has 1 saturated carbocycles. The standard InChI is InChI=1S/C22H32F3N3O3S/c1-14(2)20(27(3)4)11-21(29)26-19-9-8-15-12-28(13-18(15)19)32(30,31)17-7-5-6-16(10-17)22(23,24)25/h5-7,10,14-15,18-20H,8-9,11-13H2,1-4H3,(H,26,29)/t15-,18+,19+,20-/m1/s1. The van der Waals surface area contributed by atoms with Crippen molar-refractivity contribution in [3.05, 3.63) is 29.8 Å². The van der Waals surface area contributed by atoms with Crippen molar-refractivity contribution < 1.29 is 26.4 Å². The lowest BCUT2D eigenvalue weighted by Crippen LogP contribution is -2.44. The number of sulfonamides is 1. The summed E-state index contributed by atoms with van der Waals surface area (Å²) in [5.41, 5.74) is -0.983. The number of carbonyl (C=O) groups is 1. The van der Waals surface area contributed by atoms with E-state index in [2.05, 4.69) is 19.2 Å². The zero-order valence-electron chi connectivity index (χ0n) is 18.9. The number of amides is 1. The maximum atomic E-state index is 13.0. The van der Waals surface area contributed by atoms with Gasteiger partial charge in [0, 0.05) is 31.6 Å². The van der Waals surface area contributed by atoms with Gasteiger partial charge in [0.15, 0.2) is 0 Å². The van der Waals surface area contributed by atoms with E-state index in [0.717, 1.165) is 25.0 Å². The van der Waals surface area contributed by atoms with Gasteiger partial charge in [0.05, 0.1) is 10.5 Å². The quantitative estimate of drug-likeness (QED) is 0.658. The van der Waals surface area contributed by atoms with E-state index in [9.17, 15) is 26.4 Å². The van der Waals surface area contributed by atoms with Gasteiger partial charge in [-0.15, -0.1) is 0 Å². The highest BCUT2D eigenvalue weighted by Crippen LogP contribution is 2.41. The molecule has 1 saturated heterocycles. The molecule has 1 heterocycles. The second-order valence-corrected chi connectivity index (χ2v) is 11.4. The molecule has 0 radical (unpaired) electrons. The Hall–Kier alpha value is -1.65. The number of nitrogens with zero attached hydrogens (tertiary/aromatic N) is 2. The van der Waals surface area contributed by atoms with E-state index in [1.54, 1.807) is 0 Å². The Labute approximate surface area is 188 Å². The summed E-state index contributed by atoms with van der Waals surface area (Å²) >= 11 is 0. The van der Waals surface area contributed by atoms with Crippen molar-refractivity contribution in [2.24, 2.45) is 17.8 Å². The average Bonchev–Trinajstić information content (AvgIpc) is 3.27. The summed E-state index contributed by atoms with van der Waals surface area (Å²) < 4.78 is 66.4. The topological polar surface area (TPSA) is 69.7 Å². The van der Waals surface area contributed by atoms with Crippen molar-refractivity contribution >= 4 is 15.9 Å². The lowest BCUT2D eigenvalue weighted by Gasteiger charge is -2.28. The normalized spacial score (nSPS) is 25.3. The van der Waals surface area contributed by atoms with Crippen molar-refractivity contribution in [2.75, 3.05) is 27.2 Å². The van der Waals surface area contributed by atoms with Gasteiger partial charge in [-0.3, -0.25) is 4.79 Å². The van der Waals surface area contributed by atoms with Crippen molar-refractivity contribution in [1.29, 1.82) is 0 Å². The largest absolute Gasteiger partial charge is 0.416 e. The molecule has 1 aliphatic carbocycles. The summed E-state index contributed by atoms with van der Waals surface area (Å²) in [5, 5.41) is 3.10. The van der Waals surface area contributed by atoms with Crippen molar-refractivity contribution in [3.63, 3.8) is 0 Å². The number of rotatable bonds is 7. The molecule has 3 rings (SSSR count). The molecule has 0 bridgehead atoms. The molecule has 180 valence electrons. The van der Waals surface area contributed by atoms with Gasteiger partial charge in [0.2, 0.25) is 15.9 Å². The van der Waals surface area contributed by atoms with E-state index in [-0.39, 0.29) is 47.8 Å². The Kier molecular flexibility index (Phi) is 7.26. The molecule has 6 nitrogen and oxygen atoms in total. The smallest absolute Gasteiger partial charge is 0.353 e. The van der Waals surface area contributed by atoms with E-state index in [1.165, 1.54) is 10.4 Å². The van der Waals surface area contributed by atoms with E-state index >= 15 is 0 Å². The predicted octanol–water partition coefficient (Wildman–Crippen LogP) is 3.20. The molecule has 1 amide bonds. The molecular weight excluding hydrogens is 443 g/mol. The fourth-order valence-electron chi connectivity index (χ4n) is 5.05. The van der Waals surface area contributed by atoms with E-state index in [0.29, 0.717) is 18.4 Å². The fraction of sp³-hybridized carbons (Fsp3) is 0.682. The van der Waals surface area contributed by atoms with Crippen LogP contribution >= 0.6 is 0 Å². The van der Waals surface area contributed by atoms with Gasteiger partial charge in [-0.05, 0) is 62.9 Å².